The van der Waals surface area contributed by atoms with Crippen LogP contribution in [0, 0.1) is 5.92 Å². The molecule has 0 aromatic heterocycles. The van der Waals surface area contributed by atoms with Crippen LogP contribution >= 0.6 is 0 Å². The van der Waals surface area contributed by atoms with Gasteiger partial charge < -0.3 is 10.4 Å². The first-order chi connectivity index (χ1) is 7.77. The molecule has 0 aliphatic carbocycles. The third-order valence-corrected chi connectivity index (χ3v) is 2.44. The molecule has 1 unspecified atom stereocenters. The van der Waals surface area contributed by atoms with Crippen LogP contribution in [0.1, 0.15) is 32.6 Å². The van der Waals surface area contributed by atoms with Gasteiger partial charge in [0.05, 0.1) is 0 Å². The maximum Gasteiger partial charge on any atom is 0.471 e. The second-order valence-electron chi connectivity index (χ2n) is 3.75. The van der Waals surface area contributed by atoms with E-state index in [0.29, 0.717) is 19.3 Å². The van der Waals surface area contributed by atoms with Gasteiger partial charge >= 0.3 is 18.1 Å². The fourth-order valence-electron chi connectivity index (χ4n) is 1.37. The number of rotatable bonds is 7. The molecule has 0 saturated heterocycles. The lowest BCUT2D eigenvalue weighted by atomic mass is 9.97. The molecule has 0 fully saturated rings. The van der Waals surface area contributed by atoms with Crippen molar-refractivity contribution in [3.63, 3.8) is 0 Å². The Hall–Kier alpha value is -1.27. The van der Waals surface area contributed by atoms with E-state index in [1.54, 1.807) is 5.32 Å². The van der Waals surface area contributed by atoms with Crippen LogP contribution in [-0.4, -0.2) is 29.7 Å². The summed E-state index contributed by atoms with van der Waals surface area (Å²) in [6.45, 7) is 1.74. The fourth-order valence-corrected chi connectivity index (χ4v) is 1.37. The van der Waals surface area contributed by atoms with E-state index in [-0.39, 0.29) is 18.9 Å². The third-order valence-electron chi connectivity index (χ3n) is 2.44. The van der Waals surface area contributed by atoms with Crippen LogP contribution in [0.3, 0.4) is 0 Å². The number of alkyl halides is 3. The Bertz CT molecular complexity index is 266. The summed E-state index contributed by atoms with van der Waals surface area (Å²) >= 11 is 0. The lowest BCUT2D eigenvalue weighted by Crippen LogP contribution is -2.37. The van der Waals surface area contributed by atoms with E-state index < -0.39 is 18.1 Å². The Morgan fingerprint density at radius 2 is 1.88 bits per heavy atom. The van der Waals surface area contributed by atoms with Gasteiger partial charge in [-0.1, -0.05) is 13.3 Å². The fraction of sp³-hybridized carbons (Fsp3) is 0.800. The lowest BCUT2D eigenvalue weighted by molar-refractivity contribution is -0.173. The summed E-state index contributed by atoms with van der Waals surface area (Å²) in [6, 6.07) is 0. The van der Waals surface area contributed by atoms with Crippen LogP contribution in [0.4, 0.5) is 13.2 Å². The number of hydrogen-bond donors (Lipinski definition) is 2. The highest BCUT2D eigenvalue weighted by Gasteiger charge is 2.38. The van der Waals surface area contributed by atoms with Crippen molar-refractivity contribution < 1.29 is 27.9 Å². The average Bonchev–Trinajstić information content (AvgIpc) is 2.21. The summed E-state index contributed by atoms with van der Waals surface area (Å²) in [5.74, 6) is -2.87. The number of carboxylic acid groups (broad SMARTS) is 1. The monoisotopic (exact) mass is 255 g/mol. The van der Waals surface area contributed by atoms with Gasteiger partial charge in [0.15, 0.2) is 0 Å². The molecule has 0 aromatic rings. The van der Waals surface area contributed by atoms with Crippen LogP contribution in [0.15, 0.2) is 0 Å². The summed E-state index contributed by atoms with van der Waals surface area (Å²) in [4.78, 5) is 20.8. The number of halogens is 3. The summed E-state index contributed by atoms with van der Waals surface area (Å²) in [7, 11) is 0. The number of nitrogens with one attached hydrogen (secondary N) is 1. The average molecular weight is 255 g/mol. The second-order valence-corrected chi connectivity index (χ2v) is 3.75. The van der Waals surface area contributed by atoms with E-state index >= 15 is 0 Å². The summed E-state index contributed by atoms with van der Waals surface area (Å²) in [6.07, 6.45) is -3.43. The first kappa shape index (κ1) is 15.7. The molecule has 7 heteroatoms. The van der Waals surface area contributed by atoms with E-state index in [9.17, 15) is 22.8 Å². The van der Waals surface area contributed by atoms with Crippen molar-refractivity contribution in [2.75, 3.05) is 6.54 Å². The van der Waals surface area contributed by atoms with Crippen LogP contribution in [0.25, 0.3) is 0 Å². The quantitative estimate of drug-likeness (QED) is 0.730. The molecule has 0 radical (unpaired) electrons. The van der Waals surface area contributed by atoms with Gasteiger partial charge in [0.1, 0.15) is 0 Å². The molecule has 0 saturated carbocycles. The van der Waals surface area contributed by atoms with Crippen molar-refractivity contribution in [3.8, 4) is 0 Å². The molecule has 2 N–H and O–H groups in total. The number of carbonyl (C=O) groups excluding carboxylic acids is 1. The minimum Gasteiger partial charge on any atom is -0.481 e. The van der Waals surface area contributed by atoms with Crippen LogP contribution in [0.2, 0.25) is 0 Å². The zero-order valence-corrected chi connectivity index (χ0v) is 9.51. The van der Waals surface area contributed by atoms with Gasteiger partial charge in [0.25, 0.3) is 0 Å². The molecule has 4 nitrogen and oxygen atoms in total. The molecular formula is C10H16F3NO3. The molecule has 0 aliphatic heterocycles. The maximum atomic E-state index is 11.8. The topological polar surface area (TPSA) is 66.4 Å². The van der Waals surface area contributed by atoms with Crippen molar-refractivity contribution >= 4 is 11.9 Å². The Morgan fingerprint density at radius 3 is 2.29 bits per heavy atom. The normalized spacial score (nSPS) is 13.2. The van der Waals surface area contributed by atoms with Gasteiger partial charge in [-0.15, -0.1) is 0 Å². The van der Waals surface area contributed by atoms with E-state index in [1.165, 1.54) is 0 Å². The maximum absolute atomic E-state index is 11.8. The molecule has 100 valence electrons. The molecule has 0 aliphatic rings. The molecular weight excluding hydrogens is 239 g/mol. The minimum absolute atomic E-state index is 0.00821. The lowest BCUT2D eigenvalue weighted by Gasteiger charge is -2.14. The van der Waals surface area contributed by atoms with Crippen molar-refractivity contribution in [2.45, 2.75) is 38.8 Å². The number of carbonyl (C=O) groups is 2. The Morgan fingerprint density at radius 1 is 1.29 bits per heavy atom. The van der Waals surface area contributed by atoms with Crippen LogP contribution in [0.5, 0.6) is 0 Å². The first-order valence-electron chi connectivity index (χ1n) is 5.34. The zero-order chi connectivity index (χ0) is 13.5. The first-order valence-corrected chi connectivity index (χ1v) is 5.34. The predicted octanol–water partition coefficient (Wildman–Crippen LogP) is 1.95. The van der Waals surface area contributed by atoms with Gasteiger partial charge in [-0.2, -0.15) is 13.2 Å². The molecule has 0 aromatic carbocycles. The van der Waals surface area contributed by atoms with Crippen LogP contribution < -0.4 is 5.32 Å². The Kier molecular flexibility index (Phi) is 6.60. The molecule has 0 spiro atoms. The molecule has 0 bridgehead atoms. The molecule has 1 amide bonds. The third kappa shape index (κ3) is 7.59. The highest BCUT2D eigenvalue weighted by Crippen LogP contribution is 2.16. The highest BCUT2D eigenvalue weighted by atomic mass is 19.4. The van der Waals surface area contributed by atoms with Crippen molar-refractivity contribution in [1.82, 2.24) is 5.32 Å². The Labute approximate surface area is 97.2 Å². The number of hydrogen-bond acceptors (Lipinski definition) is 2. The van der Waals surface area contributed by atoms with E-state index in [4.69, 9.17) is 5.11 Å². The van der Waals surface area contributed by atoms with Gasteiger partial charge in [0, 0.05) is 13.0 Å². The highest BCUT2D eigenvalue weighted by molar-refractivity contribution is 5.81. The largest absolute Gasteiger partial charge is 0.481 e. The van der Waals surface area contributed by atoms with E-state index in [1.807, 2.05) is 6.92 Å². The van der Waals surface area contributed by atoms with Crippen LogP contribution in [-0.2, 0) is 9.59 Å². The van der Waals surface area contributed by atoms with Gasteiger partial charge in [-0.25, -0.2) is 0 Å². The minimum atomic E-state index is -4.86. The SMILES string of the molecule is CCC(CCNC(=O)C(F)(F)F)CCC(=O)O. The van der Waals surface area contributed by atoms with Crippen molar-refractivity contribution in [3.05, 3.63) is 0 Å². The number of aliphatic carboxylic acids is 1. The zero-order valence-electron chi connectivity index (χ0n) is 9.51. The standard InChI is InChI=1S/C10H16F3NO3/c1-2-7(3-4-8(15)16)5-6-14-9(17)10(11,12)13/h7H,2-6H2,1H3,(H,14,17)(H,15,16). The van der Waals surface area contributed by atoms with E-state index in [2.05, 4.69) is 0 Å². The number of amides is 1. The van der Waals surface area contributed by atoms with Crippen molar-refractivity contribution in [1.29, 1.82) is 0 Å². The summed E-state index contributed by atoms with van der Waals surface area (Å²) in [5, 5.41) is 10.2. The molecule has 0 rings (SSSR count). The number of carboxylic acids is 1. The van der Waals surface area contributed by atoms with E-state index in [0.717, 1.165) is 0 Å². The summed E-state index contributed by atoms with van der Waals surface area (Å²) < 4.78 is 35.5. The van der Waals surface area contributed by atoms with Crippen molar-refractivity contribution in [2.24, 2.45) is 5.92 Å². The molecule has 0 heterocycles. The van der Waals surface area contributed by atoms with Gasteiger partial charge in [-0.3, -0.25) is 9.59 Å². The van der Waals surface area contributed by atoms with Gasteiger partial charge in [-0.05, 0) is 18.8 Å². The Balaban J connectivity index is 3.84. The summed E-state index contributed by atoms with van der Waals surface area (Å²) in [5.41, 5.74) is 0. The van der Waals surface area contributed by atoms with Gasteiger partial charge in [0.2, 0.25) is 0 Å². The molecule has 1 atom stereocenters. The second kappa shape index (κ2) is 7.13. The predicted molar refractivity (Wildman–Crippen MR) is 54.3 cm³/mol. The smallest absolute Gasteiger partial charge is 0.471 e. The molecule has 17 heavy (non-hydrogen) atoms.